The summed E-state index contributed by atoms with van der Waals surface area (Å²) in [5.41, 5.74) is 3.48. The standard InChI is InChI=1S/C21H24N6/c1-16-6-7-18(17(2)15-16)24-21-23-10-8-20(25-21)27-13-11-26(12-14-27)19-5-3-4-9-22-19/h3-10,15H,11-14H2,1-2H3,(H,23,24,25). The van der Waals surface area contributed by atoms with Crippen LogP contribution in [0.3, 0.4) is 0 Å². The second-order valence-electron chi connectivity index (χ2n) is 6.84. The third kappa shape index (κ3) is 4.00. The van der Waals surface area contributed by atoms with Gasteiger partial charge in [0.15, 0.2) is 0 Å². The van der Waals surface area contributed by atoms with E-state index in [2.05, 4.69) is 63.2 Å². The van der Waals surface area contributed by atoms with Gasteiger partial charge >= 0.3 is 0 Å². The van der Waals surface area contributed by atoms with E-state index in [0.29, 0.717) is 5.95 Å². The van der Waals surface area contributed by atoms with Gasteiger partial charge in [0.25, 0.3) is 0 Å². The van der Waals surface area contributed by atoms with Crippen LogP contribution in [0.25, 0.3) is 0 Å². The van der Waals surface area contributed by atoms with E-state index in [0.717, 1.165) is 43.5 Å². The van der Waals surface area contributed by atoms with E-state index < -0.39 is 0 Å². The molecule has 0 bridgehead atoms. The molecular weight excluding hydrogens is 336 g/mol. The van der Waals surface area contributed by atoms with Crippen LogP contribution in [0.2, 0.25) is 0 Å². The maximum Gasteiger partial charge on any atom is 0.229 e. The van der Waals surface area contributed by atoms with Gasteiger partial charge in [-0.05, 0) is 43.7 Å². The van der Waals surface area contributed by atoms with Crippen LogP contribution in [0, 0.1) is 13.8 Å². The zero-order valence-corrected chi connectivity index (χ0v) is 15.8. The van der Waals surface area contributed by atoms with Crippen LogP contribution in [0.4, 0.5) is 23.3 Å². The van der Waals surface area contributed by atoms with Gasteiger partial charge in [0, 0.05) is 44.3 Å². The van der Waals surface area contributed by atoms with E-state index in [9.17, 15) is 0 Å². The van der Waals surface area contributed by atoms with Gasteiger partial charge < -0.3 is 15.1 Å². The van der Waals surface area contributed by atoms with Crippen molar-refractivity contribution in [2.24, 2.45) is 0 Å². The van der Waals surface area contributed by atoms with Gasteiger partial charge in [0.1, 0.15) is 11.6 Å². The fourth-order valence-electron chi connectivity index (χ4n) is 3.37. The minimum Gasteiger partial charge on any atom is -0.353 e. The minimum atomic E-state index is 0.631. The van der Waals surface area contributed by atoms with Crippen LogP contribution >= 0.6 is 0 Å². The second kappa shape index (κ2) is 7.61. The number of piperazine rings is 1. The van der Waals surface area contributed by atoms with Crippen molar-refractivity contribution < 1.29 is 0 Å². The summed E-state index contributed by atoms with van der Waals surface area (Å²) in [4.78, 5) is 18.2. The molecule has 138 valence electrons. The van der Waals surface area contributed by atoms with Crippen molar-refractivity contribution >= 4 is 23.3 Å². The maximum atomic E-state index is 4.72. The van der Waals surface area contributed by atoms with Crippen LogP contribution in [0.1, 0.15) is 11.1 Å². The van der Waals surface area contributed by atoms with Gasteiger partial charge in [0.2, 0.25) is 5.95 Å². The van der Waals surface area contributed by atoms with E-state index in [4.69, 9.17) is 4.98 Å². The summed E-state index contributed by atoms with van der Waals surface area (Å²) in [7, 11) is 0. The van der Waals surface area contributed by atoms with Gasteiger partial charge in [-0.2, -0.15) is 4.98 Å². The Kier molecular flexibility index (Phi) is 4.87. The second-order valence-corrected chi connectivity index (χ2v) is 6.84. The zero-order valence-electron chi connectivity index (χ0n) is 15.8. The Morgan fingerprint density at radius 3 is 2.30 bits per heavy atom. The fourth-order valence-corrected chi connectivity index (χ4v) is 3.37. The summed E-state index contributed by atoms with van der Waals surface area (Å²) >= 11 is 0. The lowest BCUT2D eigenvalue weighted by Gasteiger charge is -2.36. The summed E-state index contributed by atoms with van der Waals surface area (Å²) in [5.74, 6) is 2.63. The van der Waals surface area contributed by atoms with Crippen molar-refractivity contribution in [3.63, 3.8) is 0 Å². The topological polar surface area (TPSA) is 57.2 Å². The first-order valence-corrected chi connectivity index (χ1v) is 9.27. The minimum absolute atomic E-state index is 0.631. The van der Waals surface area contributed by atoms with Crippen LogP contribution in [-0.4, -0.2) is 41.1 Å². The molecule has 3 aromatic rings. The molecule has 0 spiro atoms. The van der Waals surface area contributed by atoms with Gasteiger partial charge in [0.05, 0.1) is 0 Å². The quantitative estimate of drug-likeness (QED) is 0.768. The van der Waals surface area contributed by atoms with E-state index >= 15 is 0 Å². The van der Waals surface area contributed by atoms with E-state index in [1.54, 1.807) is 0 Å². The number of nitrogens with zero attached hydrogens (tertiary/aromatic N) is 5. The largest absolute Gasteiger partial charge is 0.353 e. The van der Waals surface area contributed by atoms with Crippen LogP contribution in [0.5, 0.6) is 0 Å². The molecule has 1 N–H and O–H groups in total. The molecule has 0 unspecified atom stereocenters. The predicted octanol–water partition coefficient (Wildman–Crippen LogP) is 3.56. The lowest BCUT2D eigenvalue weighted by atomic mass is 10.1. The molecule has 6 nitrogen and oxygen atoms in total. The molecule has 0 saturated carbocycles. The third-order valence-corrected chi connectivity index (χ3v) is 4.85. The highest BCUT2D eigenvalue weighted by Gasteiger charge is 2.19. The first-order valence-electron chi connectivity index (χ1n) is 9.27. The van der Waals surface area contributed by atoms with Crippen LogP contribution in [0.15, 0.2) is 54.9 Å². The number of hydrogen-bond acceptors (Lipinski definition) is 6. The first kappa shape index (κ1) is 17.3. The normalized spacial score (nSPS) is 14.3. The number of aryl methyl sites for hydroxylation is 2. The number of nitrogens with one attached hydrogen (secondary N) is 1. The molecule has 1 aliphatic rings. The summed E-state index contributed by atoms with van der Waals surface area (Å²) in [6.07, 6.45) is 3.66. The number of anilines is 4. The molecule has 4 rings (SSSR count). The Hall–Kier alpha value is -3.15. The SMILES string of the molecule is Cc1ccc(Nc2nccc(N3CCN(c4ccccn4)CC3)n2)c(C)c1. The molecule has 1 saturated heterocycles. The molecule has 6 heteroatoms. The predicted molar refractivity (Wildman–Crippen MR) is 110 cm³/mol. The number of rotatable bonds is 4. The molecule has 3 heterocycles. The van der Waals surface area contributed by atoms with Crippen molar-refractivity contribution in [3.05, 3.63) is 66.0 Å². The highest BCUT2D eigenvalue weighted by molar-refractivity contribution is 5.60. The number of benzene rings is 1. The van der Waals surface area contributed by atoms with E-state index in [1.807, 2.05) is 30.6 Å². The van der Waals surface area contributed by atoms with Crippen LogP contribution < -0.4 is 15.1 Å². The molecule has 27 heavy (non-hydrogen) atoms. The van der Waals surface area contributed by atoms with Crippen molar-refractivity contribution in [2.45, 2.75) is 13.8 Å². The monoisotopic (exact) mass is 360 g/mol. The number of hydrogen-bond donors (Lipinski definition) is 1. The van der Waals surface area contributed by atoms with E-state index in [1.165, 1.54) is 11.1 Å². The molecule has 1 aliphatic heterocycles. The van der Waals surface area contributed by atoms with Crippen molar-refractivity contribution in [3.8, 4) is 0 Å². The summed E-state index contributed by atoms with van der Waals surface area (Å²) < 4.78 is 0. The Morgan fingerprint density at radius 1 is 0.815 bits per heavy atom. The average Bonchev–Trinajstić information content (AvgIpc) is 2.71. The van der Waals surface area contributed by atoms with Gasteiger partial charge in [-0.15, -0.1) is 0 Å². The summed E-state index contributed by atoms with van der Waals surface area (Å²) in [6, 6.07) is 14.3. The average molecular weight is 360 g/mol. The molecule has 0 atom stereocenters. The molecule has 0 aliphatic carbocycles. The van der Waals surface area contributed by atoms with Crippen molar-refractivity contribution in [2.75, 3.05) is 41.3 Å². The fraction of sp³-hybridized carbons (Fsp3) is 0.286. The van der Waals surface area contributed by atoms with Crippen LogP contribution in [-0.2, 0) is 0 Å². The van der Waals surface area contributed by atoms with Crippen molar-refractivity contribution in [1.29, 1.82) is 0 Å². The van der Waals surface area contributed by atoms with Gasteiger partial charge in [-0.3, -0.25) is 0 Å². The molecule has 1 fully saturated rings. The smallest absolute Gasteiger partial charge is 0.229 e. The Bertz CT molecular complexity index is 904. The van der Waals surface area contributed by atoms with Gasteiger partial charge in [-0.25, -0.2) is 9.97 Å². The number of pyridine rings is 1. The van der Waals surface area contributed by atoms with Gasteiger partial charge in [-0.1, -0.05) is 23.8 Å². The highest BCUT2D eigenvalue weighted by atomic mass is 15.3. The molecule has 1 aromatic carbocycles. The van der Waals surface area contributed by atoms with Crippen molar-refractivity contribution in [1.82, 2.24) is 15.0 Å². The zero-order chi connectivity index (χ0) is 18.6. The molecular formula is C21H24N6. The first-order chi connectivity index (χ1) is 13.2. The molecule has 0 radical (unpaired) electrons. The Morgan fingerprint density at radius 2 is 1.59 bits per heavy atom. The summed E-state index contributed by atoms with van der Waals surface area (Å²) in [5, 5.41) is 3.34. The summed E-state index contributed by atoms with van der Waals surface area (Å²) in [6.45, 7) is 7.88. The Labute approximate surface area is 159 Å². The third-order valence-electron chi connectivity index (χ3n) is 4.85. The maximum absolute atomic E-state index is 4.72. The molecule has 0 amide bonds. The lowest BCUT2D eigenvalue weighted by molar-refractivity contribution is 0.641. The lowest BCUT2D eigenvalue weighted by Crippen LogP contribution is -2.47. The molecule has 2 aromatic heterocycles. The number of aromatic nitrogens is 3. The van der Waals surface area contributed by atoms with E-state index in [-0.39, 0.29) is 0 Å². The highest BCUT2D eigenvalue weighted by Crippen LogP contribution is 2.22. The Balaban J connectivity index is 1.44.